The number of rotatable bonds is 4. The zero-order chi connectivity index (χ0) is 13.1. The average molecular weight is 247 g/mol. The molecule has 5 heteroatoms. The van der Waals surface area contributed by atoms with Crippen LogP contribution in [0.5, 0.6) is 0 Å². The summed E-state index contributed by atoms with van der Waals surface area (Å²) in [5.74, 6) is 0.376. The molecule has 96 valence electrons. The third kappa shape index (κ3) is 2.50. The van der Waals surface area contributed by atoms with Crippen LogP contribution in [0, 0.1) is 6.92 Å². The molecule has 5 nitrogen and oxygen atoms in total. The standard InChI is InChI=1S/C13H17N3O2/c1-3-6-16-12(17)7-10(13(16)18)15-11-5-4-9(2)8-14-11/h4-5,8,10H,3,6-7H2,1-2H3,(H,14,15). The van der Waals surface area contributed by atoms with Crippen molar-refractivity contribution >= 4 is 17.6 Å². The molecule has 1 aromatic rings. The summed E-state index contributed by atoms with van der Waals surface area (Å²) in [5, 5.41) is 3.01. The van der Waals surface area contributed by atoms with Gasteiger partial charge < -0.3 is 5.32 Å². The largest absolute Gasteiger partial charge is 0.358 e. The summed E-state index contributed by atoms with van der Waals surface area (Å²) in [6.45, 7) is 4.39. The lowest BCUT2D eigenvalue weighted by Crippen LogP contribution is -2.35. The van der Waals surface area contributed by atoms with E-state index in [2.05, 4.69) is 10.3 Å². The van der Waals surface area contributed by atoms with Gasteiger partial charge in [-0.2, -0.15) is 0 Å². The van der Waals surface area contributed by atoms with Crippen LogP contribution in [-0.4, -0.2) is 34.3 Å². The summed E-state index contributed by atoms with van der Waals surface area (Å²) in [7, 11) is 0. The topological polar surface area (TPSA) is 62.3 Å². The maximum absolute atomic E-state index is 12.0. The van der Waals surface area contributed by atoms with Crippen molar-refractivity contribution in [3.63, 3.8) is 0 Å². The van der Waals surface area contributed by atoms with Crippen molar-refractivity contribution in [3.05, 3.63) is 23.9 Å². The highest BCUT2D eigenvalue weighted by Crippen LogP contribution is 2.17. The minimum absolute atomic E-state index is 0.105. The van der Waals surface area contributed by atoms with Gasteiger partial charge >= 0.3 is 0 Å². The lowest BCUT2D eigenvalue weighted by Gasteiger charge is -2.14. The Balaban J connectivity index is 2.05. The predicted molar refractivity (Wildman–Crippen MR) is 68.0 cm³/mol. The maximum atomic E-state index is 12.0. The molecule has 0 aromatic carbocycles. The van der Waals surface area contributed by atoms with E-state index in [0.29, 0.717) is 12.4 Å². The Kier molecular flexibility index (Phi) is 3.60. The smallest absolute Gasteiger partial charge is 0.252 e. The maximum Gasteiger partial charge on any atom is 0.252 e. The number of aryl methyl sites for hydroxylation is 1. The van der Waals surface area contributed by atoms with Gasteiger partial charge in [0, 0.05) is 12.7 Å². The summed E-state index contributed by atoms with van der Waals surface area (Å²) in [6.07, 6.45) is 2.73. The van der Waals surface area contributed by atoms with Crippen LogP contribution in [0.4, 0.5) is 5.82 Å². The second kappa shape index (κ2) is 5.16. The highest BCUT2D eigenvalue weighted by molar-refractivity contribution is 6.06. The first-order valence-electron chi connectivity index (χ1n) is 6.15. The minimum Gasteiger partial charge on any atom is -0.358 e. The number of aromatic nitrogens is 1. The van der Waals surface area contributed by atoms with Gasteiger partial charge in [0.1, 0.15) is 11.9 Å². The first-order chi connectivity index (χ1) is 8.61. The van der Waals surface area contributed by atoms with Gasteiger partial charge in [0.15, 0.2) is 0 Å². The van der Waals surface area contributed by atoms with Crippen LogP contribution in [0.1, 0.15) is 25.3 Å². The Morgan fingerprint density at radius 1 is 1.44 bits per heavy atom. The molecule has 0 bridgehead atoms. The first-order valence-corrected chi connectivity index (χ1v) is 6.15. The third-order valence-corrected chi connectivity index (χ3v) is 2.92. The Hall–Kier alpha value is -1.91. The van der Waals surface area contributed by atoms with Crippen LogP contribution in [-0.2, 0) is 9.59 Å². The number of hydrogen-bond acceptors (Lipinski definition) is 4. The number of likely N-dealkylation sites (tertiary alicyclic amines) is 1. The third-order valence-electron chi connectivity index (χ3n) is 2.92. The van der Waals surface area contributed by atoms with E-state index in [-0.39, 0.29) is 18.2 Å². The van der Waals surface area contributed by atoms with Crippen LogP contribution in [0.2, 0.25) is 0 Å². The SMILES string of the molecule is CCCN1C(=O)CC(Nc2ccc(C)cn2)C1=O. The van der Waals surface area contributed by atoms with E-state index in [1.807, 2.05) is 26.0 Å². The van der Waals surface area contributed by atoms with Gasteiger partial charge in [0.2, 0.25) is 5.91 Å². The molecule has 1 N–H and O–H groups in total. The number of anilines is 1. The van der Waals surface area contributed by atoms with Crippen molar-refractivity contribution in [1.29, 1.82) is 0 Å². The van der Waals surface area contributed by atoms with E-state index in [4.69, 9.17) is 0 Å². The molecular weight excluding hydrogens is 230 g/mol. The van der Waals surface area contributed by atoms with E-state index in [0.717, 1.165) is 12.0 Å². The number of nitrogens with one attached hydrogen (secondary N) is 1. The average Bonchev–Trinajstić information content (AvgIpc) is 2.60. The molecule has 1 atom stereocenters. The van der Waals surface area contributed by atoms with Gasteiger partial charge in [-0.1, -0.05) is 13.0 Å². The van der Waals surface area contributed by atoms with Crippen molar-refractivity contribution in [2.45, 2.75) is 32.7 Å². The Bertz CT molecular complexity index is 456. The fraction of sp³-hybridized carbons (Fsp3) is 0.462. The number of hydrogen-bond donors (Lipinski definition) is 1. The number of nitrogens with zero attached hydrogens (tertiary/aromatic N) is 2. The van der Waals surface area contributed by atoms with Gasteiger partial charge in [-0.25, -0.2) is 4.98 Å². The second-order valence-corrected chi connectivity index (χ2v) is 4.51. The van der Waals surface area contributed by atoms with E-state index in [1.54, 1.807) is 6.20 Å². The zero-order valence-corrected chi connectivity index (χ0v) is 10.6. The van der Waals surface area contributed by atoms with E-state index < -0.39 is 6.04 Å². The summed E-state index contributed by atoms with van der Waals surface area (Å²) in [6, 6.07) is 3.26. The molecule has 2 rings (SSSR count). The number of carbonyl (C=O) groups is 2. The summed E-state index contributed by atoms with van der Waals surface area (Å²) >= 11 is 0. The molecule has 2 amide bonds. The number of pyridine rings is 1. The molecule has 1 aromatic heterocycles. The van der Waals surface area contributed by atoms with E-state index in [9.17, 15) is 9.59 Å². The summed E-state index contributed by atoms with van der Waals surface area (Å²) in [4.78, 5) is 29.2. The normalized spacial score (nSPS) is 19.4. The van der Waals surface area contributed by atoms with Gasteiger partial charge in [-0.05, 0) is 25.0 Å². The number of carbonyl (C=O) groups excluding carboxylic acids is 2. The van der Waals surface area contributed by atoms with E-state index >= 15 is 0 Å². The van der Waals surface area contributed by atoms with Crippen molar-refractivity contribution in [2.75, 3.05) is 11.9 Å². The second-order valence-electron chi connectivity index (χ2n) is 4.51. The number of imide groups is 1. The van der Waals surface area contributed by atoms with Crippen LogP contribution in [0.3, 0.4) is 0 Å². The van der Waals surface area contributed by atoms with Crippen molar-refractivity contribution in [2.24, 2.45) is 0 Å². The van der Waals surface area contributed by atoms with Crippen molar-refractivity contribution in [1.82, 2.24) is 9.88 Å². The molecular formula is C13H17N3O2. The van der Waals surface area contributed by atoms with Crippen molar-refractivity contribution < 1.29 is 9.59 Å². The summed E-state index contributed by atoms with van der Waals surface area (Å²) in [5.41, 5.74) is 1.06. The molecule has 1 saturated heterocycles. The van der Waals surface area contributed by atoms with Gasteiger partial charge in [0.05, 0.1) is 6.42 Å². The molecule has 1 aliphatic heterocycles. The molecule has 0 aliphatic carbocycles. The van der Waals surface area contributed by atoms with Crippen LogP contribution in [0.25, 0.3) is 0 Å². The summed E-state index contributed by atoms with van der Waals surface area (Å²) < 4.78 is 0. The highest BCUT2D eigenvalue weighted by Gasteiger charge is 2.37. The van der Waals surface area contributed by atoms with Crippen molar-refractivity contribution in [3.8, 4) is 0 Å². The van der Waals surface area contributed by atoms with Gasteiger partial charge in [-0.15, -0.1) is 0 Å². The minimum atomic E-state index is -0.473. The Labute approximate surface area is 106 Å². The monoisotopic (exact) mass is 247 g/mol. The number of amides is 2. The first kappa shape index (κ1) is 12.5. The quantitative estimate of drug-likeness (QED) is 0.816. The van der Waals surface area contributed by atoms with Crippen LogP contribution >= 0.6 is 0 Å². The fourth-order valence-electron chi connectivity index (χ4n) is 1.99. The Morgan fingerprint density at radius 3 is 2.83 bits per heavy atom. The molecule has 1 aliphatic rings. The van der Waals surface area contributed by atoms with E-state index in [1.165, 1.54) is 4.90 Å². The van der Waals surface area contributed by atoms with Crippen LogP contribution < -0.4 is 5.32 Å². The molecule has 0 saturated carbocycles. The molecule has 18 heavy (non-hydrogen) atoms. The molecule has 2 heterocycles. The Morgan fingerprint density at radius 2 is 2.22 bits per heavy atom. The molecule has 1 fully saturated rings. The molecule has 1 unspecified atom stereocenters. The highest BCUT2D eigenvalue weighted by atomic mass is 16.2. The predicted octanol–water partition coefficient (Wildman–Crippen LogP) is 1.34. The van der Waals surface area contributed by atoms with Crippen LogP contribution in [0.15, 0.2) is 18.3 Å². The lowest BCUT2D eigenvalue weighted by atomic mass is 10.2. The van der Waals surface area contributed by atoms with Gasteiger partial charge in [-0.3, -0.25) is 14.5 Å². The lowest BCUT2D eigenvalue weighted by molar-refractivity contribution is -0.138. The fourth-order valence-corrected chi connectivity index (χ4v) is 1.99. The zero-order valence-electron chi connectivity index (χ0n) is 10.6. The molecule has 0 radical (unpaired) electrons. The molecule has 0 spiro atoms. The van der Waals surface area contributed by atoms with Gasteiger partial charge in [0.25, 0.3) is 5.91 Å².